The molecule has 2 aromatic carbocycles. The molecule has 1 aliphatic rings. The van der Waals surface area contributed by atoms with Crippen molar-refractivity contribution in [3.05, 3.63) is 92.1 Å². The van der Waals surface area contributed by atoms with Crippen molar-refractivity contribution in [3.8, 4) is 5.75 Å². The highest BCUT2D eigenvalue weighted by Gasteiger charge is 2.33. The van der Waals surface area contributed by atoms with Gasteiger partial charge in [0.05, 0.1) is 38.6 Å². The van der Waals surface area contributed by atoms with Crippen LogP contribution < -0.4 is 19.6 Å². The maximum atomic E-state index is 13.9. The number of hydrogen-bond acceptors (Lipinski definition) is 8. The summed E-state index contributed by atoms with van der Waals surface area (Å²) in [6.45, 7) is 7.39. The van der Waals surface area contributed by atoms with Gasteiger partial charge in [-0.15, -0.1) is 0 Å². The van der Waals surface area contributed by atoms with Crippen molar-refractivity contribution in [3.63, 3.8) is 0 Å². The van der Waals surface area contributed by atoms with E-state index >= 15 is 0 Å². The summed E-state index contributed by atoms with van der Waals surface area (Å²) in [5.41, 5.74) is 2.98. The first kappa shape index (κ1) is 29.2. The zero-order chi connectivity index (χ0) is 28.3. The molecule has 2 heterocycles. The van der Waals surface area contributed by atoms with Crippen molar-refractivity contribution in [2.45, 2.75) is 33.7 Å². The lowest BCUT2D eigenvalue weighted by atomic mass is 9.95. The molecule has 4 rings (SSSR count). The van der Waals surface area contributed by atoms with Gasteiger partial charge in [0.25, 0.3) is 5.56 Å². The van der Waals surface area contributed by atoms with E-state index < -0.39 is 18.0 Å². The summed E-state index contributed by atoms with van der Waals surface area (Å²) in [4.78, 5) is 44.0. The second-order valence-electron chi connectivity index (χ2n) is 8.61. The molecule has 0 bridgehead atoms. The van der Waals surface area contributed by atoms with Gasteiger partial charge in [-0.1, -0.05) is 57.1 Å². The van der Waals surface area contributed by atoms with E-state index in [2.05, 4.69) is 43.5 Å². The number of allylic oxidation sites excluding steroid dienone is 1. The van der Waals surface area contributed by atoms with Crippen LogP contribution in [0.15, 0.2) is 61.9 Å². The van der Waals surface area contributed by atoms with Gasteiger partial charge in [0.15, 0.2) is 11.4 Å². The quantitative estimate of drug-likeness (QED) is 0.252. The Labute approximate surface area is 251 Å². The molecule has 0 N–H and O–H groups in total. The number of nitrogens with zero attached hydrogens (tertiary/aromatic N) is 2. The number of aromatic nitrogens is 1. The van der Waals surface area contributed by atoms with Crippen LogP contribution in [0, 0.1) is 10.5 Å². The van der Waals surface area contributed by atoms with Crippen molar-refractivity contribution in [2.75, 3.05) is 19.8 Å². The van der Waals surface area contributed by atoms with Crippen LogP contribution in [-0.2, 0) is 19.1 Å². The van der Waals surface area contributed by atoms with Gasteiger partial charge < -0.3 is 14.2 Å². The maximum Gasteiger partial charge on any atom is 0.344 e. The number of carbonyl (C=O) groups excluding carboxylic acids is 2. The molecule has 0 aliphatic carbocycles. The molecule has 0 saturated carbocycles. The zero-order valence-corrected chi connectivity index (χ0v) is 26.3. The third kappa shape index (κ3) is 6.36. The first-order valence-corrected chi connectivity index (χ1v) is 14.9. The summed E-state index contributed by atoms with van der Waals surface area (Å²) < 4.78 is 19.6. The minimum Gasteiger partial charge on any atom is -0.480 e. The molecule has 0 spiro atoms. The van der Waals surface area contributed by atoms with E-state index in [0.717, 1.165) is 19.2 Å². The topological polar surface area (TPSA) is 96.2 Å². The molecule has 0 radical (unpaired) electrons. The fraction of sp³-hybridized carbons (Fsp3) is 0.286. The van der Waals surface area contributed by atoms with Crippen molar-refractivity contribution < 1.29 is 23.8 Å². The highest BCUT2D eigenvalue weighted by Crippen LogP contribution is 2.32. The molecule has 0 unspecified atom stereocenters. The van der Waals surface area contributed by atoms with E-state index in [1.54, 1.807) is 31.4 Å². The number of aryl methyl sites for hydroxylation is 1. The number of thiazole rings is 1. The van der Waals surface area contributed by atoms with Crippen LogP contribution in [0.5, 0.6) is 5.75 Å². The van der Waals surface area contributed by atoms with Crippen molar-refractivity contribution in [1.29, 1.82) is 0 Å². The number of halogens is 2. The van der Waals surface area contributed by atoms with Crippen LogP contribution in [0.25, 0.3) is 6.08 Å². The normalized spacial score (nSPS) is 15.0. The van der Waals surface area contributed by atoms with Crippen molar-refractivity contribution in [2.24, 2.45) is 4.99 Å². The third-order valence-corrected chi connectivity index (χ3v) is 8.12. The molecule has 11 heteroatoms. The second kappa shape index (κ2) is 12.6. The van der Waals surface area contributed by atoms with E-state index in [1.165, 1.54) is 11.3 Å². The molecule has 0 saturated heterocycles. The minimum absolute atomic E-state index is 0.205. The molecular formula is C28H26BrIN2O6S. The average Bonchev–Trinajstić information content (AvgIpc) is 3.17. The van der Waals surface area contributed by atoms with Gasteiger partial charge in [0, 0.05) is 10.0 Å². The van der Waals surface area contributed by atoms with Crippen LogP contribution in [0.1, 0.15) is 43.5 Å². The Kier molecular flexibility index (Phi) is 9.44. The summed E-state index contributed by atoms with van der Waals surface area (Å²) in [5, 5.41) is 0. The largest absolute Gasteiger partial charge is 0.480 e. The van der Waals surface area contributed by atoms with Crippen LogP contribution in [0.2, 0.25) is 0 Å². The number of ether oxygens (including phenoxy) is 3. The van der Waals surface area contributed by atoms with Crippen molar-refractivity contribution in [1.82, 2.24) is 4.57 Å². The Morgan fingerprint density at radius 2 is 1.82 bits per heavy atom. The SMILES string of the molecule is CCOC(=O)COc1c(I)cc(Br)cc1/C=c1\sc2n(c1=O)[C@H](c1ccc(C)cc1)C(C(=O)OCC)=C(C)N=2. The standard InChI is InChI=1S/C28H26BrIN2O6S/c1-5-36-22(33)14-38-25-18(11-19(29)13-20(25)30)12-21-26(34)32-24(17-9-7-15(3)8-10-17)23(27(35)37-6-2)16(4)31-28(32)39-21/h7-13,24H,5-6,14H2,1-4H3/b21-12-/t24-/m1/s1. The Morgan fingerprint density at radius 1 is 1.13 bits per heavy atom. The fourth-order valence-electron chi connectivity index (χ4n) is 4.17. The Bertz CT molecular complexity index is 1640. The first-order chi connectivity index (χ1) is 18.6. The molecule has 204 valence electrons. The maximum absolute atomic E-state index is 13.9. The lowest BCUT2D eigenvalue weighted by Crippen LogP contribution is -2.39. The van der Waals surface area contributed by atoms with Gasteiger partial charge in [0.1, 0.15) is 5.75 Å². The molecule has 1 aliphatic heterocycles. The van der Waals surface area contributed by atoms with E-state index in [-0.39, 0.29) is 25.4 Å². The van der Waals surface area contributed by atoms with Gasteiger partial charge in [0.2, 0.25) is 0 Å². The predicted octanol–water partition coefficient (Wildman–Crippen LogP) is 4.42. The Balaban J connectivity index is 1.89. The lowest BCUT2D eigenvalue weighted by Gasteiger charge is -2.24. The minimum atomic E-state index is -0.690. The smallest absolute Gasteiger partial charge is 0.344 e. The average molecular weight is 725 g/mol. The van der Waals surface area contributed by atoms with E-state index in [1.807, 2.05) is 43.3 Å². The van der Waals surface area contributed by atoms with Crippen LogP contribution in [-0.4, -0.2) is 36.3 Å². The summed E-state index contributed by atoms with van der Waals surface area (Å²) in [6, 6.07) is 10.7. The lowest BCUT2D eigenvalue weighted by molar-refractivity contribution is -0.145. The van der Waals surface area contributed by atoms with E-state index in [4.69, 9.17) is 14.2 Å². The summed E-state index contributed by atoms with van der Waals surface area (Å²) in [5.74, 6) is -0.535. The molecule has 0 amide bonds. The predicted molar refractivity (Wildman–Crippen MR) is 161 cm³/mol. The number of carbonyl (C=O) groups is 2. The molecule has 3 aromatic rings. The number of rotatable bonds is 8. The highest BCUT2D eigenvalue weighted by atomic mass is 127. The zero-order valence-electron chi connectivity index (χ0n) is 21.7. The van der Waals surface area contributed by atoms with Crippen LogP contribution >= 0.6 is 49.9 Å². The summed E-state index contributed by atoms with van der Waals surface area (Å²) in [6.07, 6.45) is 1.72. The van der Waals surface area contributed by atoms with Gasteiger partial charge in [-0.05, 0) is 74.1 Å². The van der Waals surface area contributed by atoms with E-state index in [9.17, 15) is 14.4 Å². The Morgan fingerprint density at radius 3 is 2.49 bits per heavy atom. The second-order valence-corrected chi connectivity index (χ2v) is 11.7. The van der Waals surface area contributed by atoms with Gasteiger partial charge in [-0.3, -0.25) is 9.36 Å². The molecule has 39 heavy (non-hydrogen) atoms. The molecule has 1 atom stereocenters. The molecular weight excluding hydrogens is 699 g/mol. The number of benzene rings is 2. The Hall–Kier alpha value is -2.77. The van der Waals surface area contributed by atoms with Gasteiger partial charge in [-0.25, -0.2) is 14.6 Å². The van der Waals surface area contributed by atoms with E-state index in [0.29, 0.717) is 31.9 Å². The summed E-state index contributed by atoms with van der Waals surface area (Å²) in [7, 11) is 0. The first-order valence-electron chi connectivity index (χ1n) is 12.2. The molecule has 0 fully saturated rings. The highest BCUT2D eigenvalue weighted by molar-refractivity contribution is 14.1. The van der Waals surface area contributed by atoms with Gasteiger partial charge >= 0.3 is 11.9 Å². The van der Waals surface area contributed by atoms with Gasteiger partial charge in [-0.2, -0.15) is 0 Å². The number of hydrogen-bond donors (Lipinski definition) is 0. The number of fused-ring (bicyclic) bond motifs is 1. The van der Waals surface area contributed by atoms with Crippen molar-refractivity contribution >= 4 is 67.9 Å². The monoisotopic (exact) mass is 724 g/mol. The molecule has 1 aromatic heterocycles. The van der Waals surface area contributed by atoms with Crippen LogP contribution in [0.4, 0.5) is 0 Å². The third-order valence-electron chi connectivity index (χ3n) is 5.87. The van der Waals surface area contributed by atoms with Crippen LogP contribution in [0.3, 0.4) is 0 Å². The molecule has 8 nitrogen and oxygen atoms in total. The number of esters is 2. The fourth-order valence-corrected chi connectivity index (χ4v) is 6.91. The summed E-state index contributed by atoms with van der Waals surface area (Å²) >= 11 is 6.84.